The monoisotopic (exact) mass is 288 g/mol. The molecular formula is C16H20N2O3. The van der Waals surface area contributed by atoms with Crippen molar-refractivity contribution >= 4 is 21.8 Å². The molecule has 0 saturated heterocycles. The summed E-state index contributed by atoms with van der Waals surface area (Å²) in [6.45, 7) is -1.21. The summed E-state index contributed by atoms with van der Waals surface area (Å²) in [5, 5.41) is 27.6. The number of hydrogen-bond donors (Lipinski definition) is 5. The molecule has 3 aromatic rings. The third kappa shape index (κ3) is 3.40. The Labute approximate surface area is 122 Å². The number of H-pyrrole nitrogens is 1. The fraction of sp³-hybridized carbons (Fsp3) is 0.250. The van der Waals surface area contributed by atoms with Crippen LogP contribution < -0.4 is 5.73 Å². The Bertz CT molecular complexity index is 646. The summed E-state index contributed by atoms with van der Waals surface area (Å²) in [4.78, 5) is 3.38. The van der Waals surface area contributed by atoms with Gasteiger partial charge in [-0.15, -0.1) is 0 Å². The number of aliphatic hydroxyl groups is 3. The van der Waals surface area contributed by atoms with Gasteiger partial charge in [-0.05, 0) is 12.1 Å². The molecule has 0 saturated carbocycles. The van der Waals surface area contributed by atoms with E-state index < -0.39 is 25.4 Å². The largest absolute Gasteiger partial charge is 0.394 e. The SMILES string of the molecule is NC(CO)(CO)CO.c1ccc2c(c1)[nH]c1ccccc12. The van der Waals surface area contributed by atoms with Gasteiger partial charge in [-0.2, -0.15) is 0 Å². The fourth-order valence-electron chi connectivity index (χ4n) is 1.95. The summed E-state index contributed by atoms with van der Waals surface area (Å²) < 4.78 is 0. The van der Waals surface area contributed by atoms with Crippen LogP contribution in [0, 0.1) is 0 Å². The average molecular weight is 288 g/mol. The van der Waals surface area contributed by atoms with Crippen LogP contribution in [0.2, 0.25) is 0 Å². The molecule has 0 aliphatic rings. The number of aliphatic hydroxyl groups excluding tert-OH is 3. The predicted octanol–water partition coefficient (Wildman–Crippen LogP) is 0.982. The van der Waals surface area contributed by atoms with Gasteiger partial charge in [0, 0.05) is 21.8 Å². The molecule has 112 valence electrons. The van der Waals surface area contributed by atoms with Crippen molar-refractivity contribution in [2.24, 2.45) is 5.73 Å². The number of nitrogens with one attached hydrogen (secondary N) is 1. The van der Waals surface area contributed by atoms with Gasteiger partial charge in [0.05, 0.1) is 25.4 Å². The summed E-state index contributed by atoms with van der Waals surface area (Å²) in [5.41, 5.74) is 6.36. The van der Waals surface area contributed by atoms with E-state index in [4.69, 9.17) is 21.1 Å². The third-order valence-electron chi connectivity index (χ3n) is 3.36. The minimum absolute atomic E-state index is 0.403. The topological polar surface area (TPSA) is 102 Å². The van der Waals surface area contributed by atoms with E-state index in [-0.39, 0.29) is 0 Å². The van der Waals surface area contributed by atoms with Crippen LogP contribution in [0.3, 0.4) is 0 Å². The molecular weight excluding hydrogens is 268 g/mol. The zero-order valence-corrected chi connectivity index (χ0v) is 11.7. The van der Waals surface area contributed by atoms with Gasteiger partial charge in [-0.3, -0.25) is 0 Å². The maximum atomic E-state index is 8.34. The Morgan fingerprint density at radius 3 is 1.48 bits per heavy atom. The predicted molar refractivity (Wildman–Crippen MR) is 84.0 cm³/mol. The zero-order chi connectivity index (χ0) is 15.3. The van der Waals surface area contributed by atoms with Crippen LogP contribution in [0.25, 0.3) is 21.8 Å². The normalized spacial score (nSPS) is 11.4. The highest BCUT2D eigenvalue weighted by Crippen LogP contribution is 2.24. The lowest BCUT2D eigenvalue weighted by atomic mass is 10.1. The first-order valence-corrected chi connectivity index (χ1v) is 6.70. The number of hydrogen-bond acceptors (Lipinski definition) is 4. The van der Waals surface area contributed by atoms with Gasteiger partial charge in [0.25, 0.3) is 0 Å². The Balaban J connectivity index is 0.000000177. The van der Waals surface area contributed by atoms with Crippen LogP contribution in [0.5, 0.6) is 0 Å². The summed E-state index contributed by atoms with van der Waals surface area (Å²) in [6, 6.07) is 16.8. The van der Waals surface area contributed by atoms with Crippen LogP contribution >= 0.6 is 0 Å². The fourth-order valence-corrected chi connectivity index (χ4v) is 1.95. The molecule has 21 heavy (non-hydrogen) atoms. The molecule has 0 unspecified atom stereocenters. The maximum Gasteiger partial charge on any atom is 0.0856 e. The van der Waals surface area contributed by atoms with Crippen molar-refractivity contribution in [3.05, 3.63) is 48.5 Å². The molecule has 0 spiro atoms. The molecule has 5 heteroatoms. The van der Waals surface area contributed by atoms with Crippen LogP contribution in [0.4, 0.5) is 0 Å². The number of aromatic nitrogens is 1. The van der Waals surface area contributed by atoms with Crippen molar-refractivity contribution in [3.63, 3.8) is 0 Å². The molecule has 0 bridgehead atoms. The Kier molecular flexibility index (Phi) is 4.93. The van der Waals surface area contributed by atoms with E-state index >= 15 is 0 Å². The van der Waals surface area contributed by atoms with Crippen LogP contribution in [-0.2, 0) is 0 Å². The first kappa shape index (κ1) is 15.5. The molecule has 0 aliphatic carbocycles. The number of aromatic amines is 1. The molecule has 0 aliphatic heterocycles. The zero-order valence-electron chi connectivity index (χ0n) is 11.7. The Hall–Kier alpha value is -1.92. The molecule has 6 N–H and O–H groups in total. The maximum absolute atomic E-state index is 8.34. The van der Waals surface area contributed by atoms with E-state index in [1.165, 1.54) is 21.8 Å². The number of fused-ring (bicyclic) bond motifs is 3. The highest BCUT2D eigenvalue weighted by molar-refractivity contribution is 6.06. The summed E-state index contributed by atoms with van der Waals surface area (Å²) in [5.74, 6) is 0. The smallest absolute Gasteiger partial charge is 0.0856 e. The van der Waals surface area contributed by atoms with E-state index in [0.29, 0.717) is 0 Å². The highest BCUT2D eigenvalue weighted by Gasteiger charge is 2.20. The Morgan fingerprint density at radius 2 is 1.14 bits per heavy atom. The van der Waals surface area contributed by atoms with E-state index in [2.05, 4.69) is 53.5 Å². The average Bonchev–Trinajstić information content (AvgIpc) is 2.93. The standard InChI is InChI=1S/C12H9N.C4H11NO3/c1-3-7-11-9(5-1)10-6-2-4-8-12(10)13-11;5-4(1-6,2-7)3-8/h1-8,13H;6-8H,1-3,5H2. The quantitative estimate of drug-likeness (QED) is 0.496. The molecule has 1 aromatic heterocycles. The third-order valence-corrected chi connectivity index (χ3v) is 3.36. The molecule has 2 aromatic carbocycles. The van der Waals surface area contributed by atoms with Gasteiger partial charge in [0.2, 0.25) is 0 Å². The van der Waals surface area contributed by atoms with Gasteiger partial charge in [-0.1, -0.05) is 36.4 Å². The van der Waals surface area contributed by atoms with E-state index in [0.717, 1.165) is 0 Å². The molecule has 0 fully saturated rings. The van der Waals surface area contributed by atoms with Crippen molar-refractivity contribution in [2.75, 3.05) is 19.8 Å². The number of rotatable bonds is 3. The minimum atomic E-state index is -1.21. The Morgan fingerprint density at radius 1 is 0.762 bits per heavy atom. The summed E-state index contributed by atoms with van der Waals surface area (Å²) in [6.07, 6.45) is 0. The highest BCUT2D eigenvalue weighted by atomic mass is 16.3. The minimum Gasteiger partial charge on any atom is -0.394 e. The van der Waals surface area contributed by atoms with Crippen LogP contribution in [0.1, 0.15) is 0 Å². The van der Waals surface area contributed by atoms with Crippen LogP contribution in [-0.4, -0.2) is 45.7 Å². The number of nitrogens with two attached hydrogens (primary N) is 1. The number of para-hydroxylation sites is 2. The second-order valence-electron chi connectivity index (χ2n) is 5.05. The summed E-state index contributed by atoms with van der Waals surface area (Å²) in [7, 11) is 0. The molecule has 5 nitrogen and oxygen atoms in total. The van der Waals surface area contributed by atoms with Gasteiger partial charge >= 0.3 is 0 Å². The lowest BCUT2D eigenvalue weighted by Crippen LogP contribution is -2.50. The molecule has 3 rings (SSSR count). The van der Waals surface area contributed by atoms with Gasteiger partial charge in [0.1, 0.15) is 0 Å². The van der Waals surface area contributed by atoms with Gasteiger partial charge in [0.15, 0.2) is 0 Å². The van der Waals surface area contributed by atoms with Gasteiger partial charge in [-0.25, -0.2) is 0 Å². The first-order valence-electron chi connectivity index (χ1n) is 6.70. The lowest BCUT2D eigenvalue weighted by Gasteiger charge is -2.20. The van der Waals surface area contributed by atoms with Crippen molar-refractivity contribution in [1.82, 2.24) is 4.98 Å². The van der Waals surface area contributed by atoms with Crippen molar-refractivity contribution in [2.45, 2.75) is 5.54 Å². The molecule has 0 atom stereocenters. The van der Waals surface area contributed by atoms with E-state index in [1.807, 2.05) is 0 Å². The van der Waals surface area contributed by atoms with E-state index in [9.17, 15) is 0 Å². The van der Waals surface area contributed by atoms with E-state index in [1.54, 1.807) is 0 Å². The first-order chi connectivity index (χ1) is 10.1. The van der Waals surface area contributed by atoms with Crippen molar-refractivity contribution in [1.29, 1.82) is 0 Å². The molecule has 0 radical (unpaired) electrons. The van der Waals surface area contributed by atoms with Crippen molar-refractivity contribution < 1.29 is 15.3 Å². The molecule has 1 heterocycles. The second-order valence-corrected chi connectivity index (χ2v) is 5.05. The van der Waals surface area contributed by atoms with Crippen molar-refractivity contribution in [3.8, 4) is 0 Å². The molecule has 0 amide bonds. The van der Waals surface area contributed by atoms with Crippen LogP contribution in [0.15, 0.2) is 48.5 Å². The lowest BCUT2D eigenvalue weighted by molar-refractivity contribution is 0.0698. The summed E-state index contributed by atoms with van der Waals surface area (Å²) >= 11 is 0. The van der Waals surface area contributed by atoms with Gasteiger partial charge < -0.3 is 26.0 Å². The second kappa shape index (κ2) is 6.69. The number of benzene rings is 2.